The molecule has 1 aliphatic heterocycles. The fourth-order valence-corrected chi connectivity index (χ4v) is 2.56. The summed E-state index contributed by atoms with van der Waals surface area (Å²) in [6.07, 6.45) is 0.0878. The van der Waals surface area contributed by atoms with Crippen LogP contribution >= 0.6 is 0 Å². The van der Waals surface area contributed by atoms with Crippen LogP contribution in [0, 0.1) is 12.7 Å². The highest BCUT2D eigenvalue weighted by atomic mass is 19.1. The Balaban J connectivity index is 1.82. The third kappa shape index (κ3) is 2.57. The Labute approximate surface area is 127 Å². The number of hydrogen-bond acceptors (Lipinski definition) is 3. The number of benzene rings is 2. The average molecular weight is 298 g/mol. The maximum absolute atomic E-state index is 12.9. The van der Waals surface area contributed by atoms with Crippen LogP contribution in [0.2, 0.25) is 0 Å². The number of anilines is 2. The van der Waals surface area contributed by atoms with Gasteiger partial charge in [0.25, 0.3) is 5.91 Å². The second-order valence-electron chi connectivity index (χ2n) is 5.26. The van der Waals surface area contributed by atoms with Gasteiger partial charge in [-0.15, -0.1) is 0 Å². The molecule has 22 heavy (non-hydrogen) atoms. The van der Waals surface area contributed by atoms with Crippen LogP contribution in [0.3, 0.4) is 0 Å². The molecule has 0 spiro atoms. The summed E-state index contributed by atoms with van der Waals surface area (Å²) in [6.45, 7) is 1.86. The van der Waals surface area contributed by atoms with E-state index in [-0.39, 0.29) is 24.1 Å². The molecule has 0 unspecified atom stereocenters. The molecular weight excluding hydrogens is 283 g/mol. The maximum atomic E-state index is 12.9. The molecule has 4 nitrogen and oxygen atoms in total. The Bertz CT molecular complexity index is 728. The first kappa shape index (κ1) is 14.3. The number of nitrogens with zero attached hydrogens (tertiary/aromatic N) is 1. The smallest absolute Gasteiger partial charge is 0.256 e. The van der Waals surface area contributed by atoms with Gasteiger partial charge >= 0.3 is 0 Å². The zero-order valence-corrected chi connectivity index (χ0v) is 12.0. The molecule has 112 valence electrons. The van der Waals surface area contributed by atoms with Crippen molar-refractivity contribution in [1.82, 2.24) is 0 Å². The third-order valence-electron chi connectivity index (χ3n) is 3.69. The molecule has 0 aromatic heterocycles. The van der Waals surface area contributed by atoms with Gasteiger partial charge in [0.15, 0.2) is 0 Å². The molecule has 0 saturated carbocycles. The number of imide groups is 1. The van der Waals surface area contributed by atoms with Gasteiger partial charge in [-0.3, -0.25) is 9.59 Å². The zero-order chi connectivity index (χ0) is 15.7. The molecule has 0 radical (unpaired) electrons. The molecule has 0 bridgehead atoms. The molecule has 1 heterocycles. The Morgan fingerprint density at radius 3 is 2.45 bits per heavy atom. The number of para-hydroxylation sites is 1. The van der Waals surface area contributed by atoms with Gasteiger partial charge in [0.2, 0.25) is 5.91 Å². The SMILES string of the molecule is Cc1ccccc1N1C(=O)C[C@H](Nc2ccc(F)cc2)C1=O. The van der Waals surface area contributed by atoms with Crippen molar-refractivity contribution >= 4 is 23.2 Å². The first-order valence-corrected chi connectivity index (χ1v) is 7.01. The van der Waals surface area contributed by atoms with Crippen LogP contribution in [0.15, 0.2) is 48.5 Å². The summed E-state index contributed by atoms with van der Waals surface area (Å²) in [4.78, 5) is 25.9. The number of rotatable bonds is 3. The fraction of sp³-hybridized carbons (Fsp3) is 0.176. The van der Waals surface area contributed by atoms with Crippen molar-refractivity contribution in [3.05, 3.63) is 59.9 Å². The van der Waals surface area contributed by atoms with Crippen molar-refractivity contribution in [2.45, 2.75) is 19.4 Å². The highest BCUT2D eigenvalue weighted by Crippen LogP contribution is 2.27. The van der Waals surface area contributed by atoms with Crippen LogP contribution in [0.4, 0.5) is 15.8 Å². The van der Waals surface area contributed by atoms with Crippen LogP contribution in [0.1, 0.15) is 12.0 Å². The van der Waals surface area contributed by atoms with Crippen LogP contribution in [0.25, 0.3) is 0 Å². The molecule has 2 amide bonds. The summed E-state index contributed by atoms with van der Waals surface area (Å²) in [6, 6.07) is 12.3. The lowest BCUT2D eigenvalue weighted by Gasteiger charge is -2.18. The van der Waals surface area contributed by atoms with E-state index in [1.54, 1.807) is 24.3 Å². The normalized spacial score (nSPS) is 17.9. The van der Waals surface area contributed by atoms with Gasteiger partial charge in [-0.25, -0.2) is 9.29 Å². The first-order valence-electron chi connectivity index (χ1n) is 7.01. The molecule has 1 saturated heterocycles. The highest BCUT2D eigenvalue weighted by Gasteiger charge is 2.39. The van der Waals surface area contributed by atoms with Crippen molar-refractivity contribution in [1.29, 1.82) is 0 Å². The molecule has 3 rings (SSSR count). The van der Waals surface area contributed by atoms with E-state index in [1.165, 1.54) is 17.0 Å². The molecule has 1 atom stereocenters. The van der Waals surface area contributed by atoms with Gasteiger partial charge in [-0.2, -0.15) is 0 Å². The maximum Gasteiger partial charge on any atom is 0.256 e. The van der Waals surface area contributed by atoms with Crippen molar-refractivity contribution < 1.29 is 14.0 Å². The molecule has 1 fully saturated rings. The Morgan fingerprint density at radius 2 is 1.77 bits per heavy atom. The molecule has 0 aliphatic carbocycles. The lowest BCUT2D eigenvalue weighted by molar-refractivity contribution is -0.121. The zero-order valence-electron chi connectivity index (χ0n) is 12.0. The molecule has 1 N–H and O–H groups in total. The van der Waals surface area contributed by atoms with E-state index in [0.717, 1.165) is 5.56 Å². The van der Waals surface area contributed by atoms with Gasteiger partial charge in [-0.1, -0.05) is 18.2 Å². The largest absolute Gasteiger partial charge is 0.373 e. The summed E-state index contributed by atoms with van der Waals surface area (Å²) in [5.41, 5.74) is 2.09. The van der Waals surface area contributed by atoms with E-state index >= 15 is 0 Å². The number of halogens is 1. The number of amides is 2. The summed E-state index contributed by atoms with van der Waals surface area (Å²) >= 11 is 0. The monoisotopic (exact) mass is 298 g/mol. The van der Waals surface area contributed by atoms with E-state index < -0.39 is 6.04 Å². The minimum Gasteiger partial charge on any atom is -0.373 e. The minimum absolute atomic E-state index is 0.0878. The number of hydrogen-bond donors (Lipinski definition) is 1. The average Bonchev–Trinajstić information content (AvgIpc) is 2.77. The van der Waals surface area contributed by atoms with Crippen LogP contribution in [-0.4, -0.2) is 17.9 Å². The van der Waals surface area contributed by atoms with Crippen molar-refractivity contribution in [3.63, 3.8) is 0 Å². The number of carbonyl (C=O) groups excluding carboxylic acids is 2. The minimum atomic E-state index is -0.627. The molecule has 2 aromatic carbocycles. The topological polar surface area (TPSA) is 49.4 Å². The first-order chi connectivity index (χ1) is 10.6. The Hall–Kier alpha value is -2.69. The summed E-state index contributed by atoms with van der Waals surface area (Å²) in [7, 11) is 0. The Kier molecular flexibility index (Phi) is 3.63. The van der Waals surface area contributed by atoms with Crippen molar-refractivity contribution in [2.75, 3.05) is 10.2 Å². The van der Waals surface area contributed by atoms with Crippen molar-refractivity contribution in [3.8, 4) is 0 Å². The summed E-state index contributed by atoms with van der Waals surface area (Å²) in [5, 5.41) is 2.99. The van der Waals surface area contributed by atoms with Gasteiger partial charge in [0.05, 0.1) is 12.1 Å². The summed E-state index contributed by atoms with van der Waals surface area (Å²) in [5.74, 6) is -0.872. The fourth-order valence-electron chi connectivity index (χ4n) is 2.56. The van der Waals surface area contributed by atoms with Gasteiger partial charge in [-0.05, 0) is 42.8 Å². The van der Waals surface area contributed by atoms with E-state index in [0.29, 0.717) is 11.4 Å². The van der Waals surface area contributed by atoms with Crippen LogP contribution in [0.5, 0.6) is 0 Å². The quantitative estimate of drug-likeness (QED) is 0.886. The molecule has 2 aromatic rings. The number of aryl methyl sites for hydroxylation is 1. The Morgan fingerprint density at radius 1 is 1.09 bits per heavy atom. The van der Waals surface area contributed by atoms with Gasteiger partial charge in [0.1, 0.15) is 11.9 Å². The number of nitrogens with one attached hydrogen (secondary N) is 1. The predicted molar refractivity (Wildman–Crippen MR) is 82.1 cm³/mol. The van der Waals surface area contributed by atoms with E-state index in [1.807, 2.05) is 19.1 Å². The third-order valence-corrected chi connectivity index (χ3v) is 3.69. The molecule has 1 aliphatic rings. The standard InChI is InChI=1S/C17H15FN2O2/c1-11-4-2-3-5-15(11)20-16(21)10-14(17(20)22)19-13-8-6-12(18)7-9-13/h2-9,14,19H,10H2,1H3/t14-/m0/s1. The molecule has 5 heteroatoms. The molecular formula is C17H15FN2O2. The van der Waals surface area contributed by atoms with E-state index in [4.69, 9.17) is 0 Å². The predicted octanol–water partition coefficient (Wildman–Crippen LogP) is 2.88. The van der Waals surface area contributed by atoms with Crippen molar-refractivity contribution in [2.24, 2.45) is 0 Å². The second-order valence-corrected chi connectivity index (χ2v) is 5.26. The van der Waals surface area contributed by atoms with E-state index in [2.05, 4.69) is 5.32 Å². The van der Waals surface area contributed by atoms with Gasteiger partial charge < -0.3 is 5.32 Å². The van der Waals surface area contributed by atoms with Crippen LogP contribution in [-0.2, 0) is 9.59 Å². The summed E-state index contributed by atoms with van der Waals surface area (Å²) < 4.78 is 12.9. The lowest BCUT2D eigenvalue weighted by Crippen LogP contribution is -2.35. The van der Waals surface area contributed by atoms with Gasteiger partial charge in [0, 0.05) is 5.69 Å². The highest BCUT2D eigenvalue weighted by molar-refractivity contribution is 6.23. The lowest BCUT2D eigenvalue weighted by atomic mass is 10.2. The van der Waals surface area contributed by atoms with E-state index in [9.17, 15) is 14.0 Å². The van der Waals surface area contributed by atoms with Crippen LogP contribution < -0.4 is 10.2 Å². The second kappa shape index (κ2) is 5.60. The number of carbonyl (C=O) groups is 2.